The van der Waals surface area contributed by atoms with Gasteiger partial charge < -0.3 is 9.67 Å². The van der Waals surface area contributed by atoms with Gasteiger partial charge in [0.15, 0.2) is 5.03 Å². The van der Waals surface area contributed by atoms with E-state index in [4.69, 9.17) is 5.11 Å². The molecule has 7 nitrogen and oxygen atoms in total. The van der Waals surface area contributed by atoms with E-state index in [-0.39, 0.29) is 12.7 Å². The van der Waals surface area contributed by atoms with Crippen molar-refractivity contribution in [2.75, 3.05) is 0 Å². The standard InChI is InChI=1S/C9H12F3N3O4S/c1-5-13-6(4-15(5)3)20(18,19)14-8(2,7(16)17)9(10,11)12/h4,14H,1-3H3,(H,16,17). The number of carboxylic acid groups (broad SMARTS) is 1. The normalized spacial score (nSPS) is 15.9. The number of carboxylic acids is 1. The van der Waals surface area contributed by atoms with Gasteiger partial charge in [-0.15, -0.1) is 0 Å². The largest absolute Gasteiger partial charge is 0.480 e. The van der Waals surface area contributed by atoms with E-state index in [9.17, 15) is 26.4 Å². The zero-order valence-electron chi connectivity index (χ0n) is 10.7. The van der Waals surface area contributed by atoms with Gasteiger partial charge >= 0.3 is 12.1 Å². The van der Waals surface area contributed by atoms with Crippen molar-refractivity contribution in [3.8, 4) is 0 Å². The lowest BCUT2D eigenvalue weighted by Crippen LogP contribution is -2.61. The topological polar surface area (TPSA) is 101 Å². The molecule has 0 spiro atoms. The Morgan fingerprint density at radius 1 is 1.45 bits per heavy atom. The molecule has 0 aliphatic carbocycles. The molecule has 0 fully saturated rings. The Hall–Kier alpha value is -1.62. The van der Waals surface area contributed by atoms with Gasteiger partial charge in [-0.3, -0.25) is 0 Å². The number of carbonyl (C=O) groups is 1. The van der Waals surface area contributed by atoms with Crippen LogP contribution in [0.4, 0.5) is 13.2 Å². The number of alkyl halides is 3. The van der Waals surface area contributed by atoms with Gasteiger partial charge in [0.1, 0.15) is 5.82 Å². The van der Waals surface area contributed by atoms with Crippen molar-refractivity contribution in [3.05, 3.63) is 12.0 Å². The van der Waals surface area contributed by atoms with Gasteiger partial charge in [-0.2, -0.15) is 17.9 Å². The van der Waals surface area contributed by atoms with Gasteiger partial charge in [0.25, 0.3) is 10.0 Å². The van der Waals surface area contributed by atoms with E-state index in [2.05, 4.69) is 4.98 Å². The molecule has 1 aromatic heterocycles. The van der Waals surface area contributed by atoms with Crippen molar-refractivity contribution in [2.45, 2.75) is 30.6 Å². The van der Waals surface area contributed by atoms with Crippen molar-refractivity contribution in [1.82, 2.24) is 14.3 Å². The molecule has 1 aromatic rings. The molecule has 0 radical (unpaired) electrons. The first-order valence-corrected chi connectivity index (χ1v) is 6.63. The Morgan fingerprint density at radius 3 is 2.25 bits per heavy atom. The van der Waals surface area contributed by atoms with Crippen LogP contribution in [0.2, 0.25) is 0 Å². The van der Waals surface area contributed by atoms with E-state index in [1.54, 1.807) is 0 Å². The van der Waals surface area contributed by atoms with Crippen molar-refractivity contribution >= 4 is 16.0 Å². The molecule has 0 aromatic carbocycles. The Bertz CT molecular complexity index is 618. The number of nitrogens with zero attached hydrogens (tertiary/aromatic N) is 2. The second-order valence-electron chi connectivity index (χ2n) is 4.27. The molecule has 20 heavy (non-hydrogen) atoms. The van der Waals surface area contributed by atoms with Crippen molar-refractivity contribution in [2.24, 2.45) is 7.05 Å². The lowest BCUT2D eigenvalue weighted by Gasteiger charge is -2.27. The average Bonchev–Trinajstić information content (AvgIpc) is 2.57. The van der Waals surface area contributed by atoms with E-state index in [1.807, 2.05) is 0 Å². The van der Waals surface area contributed by atoms with E-state index in [0.29, 0.717) is 0 Å². The van der Waals surface area contributed by atoms with Crippen LogP contribution in [0.25, 0.3) is 0 Å². The molecule has 1 unspecified atom stereocenters. The number of hydrogen-bond acceptors (Lipinski definition) is 4. The van der Waals surface area contributed by atoms with Gasteiger partial charge in [0.05, 0.1) is 0 Å². The van der Waals surface area contributed by atoms with Gasteiger partial charge in [0.2, 0.25) is 5.54 Å². The molecule has 0 bridgehead atoms. The van der Waals surface area contributed by atoms with E-state index in [0.717, 1.165) is 10.9 Å². The fourth-order valence-electron chi connectivity index (χ4n) is 1.20. The van der Waals surface area contributed by atoms with Gasteiger partial charge in [-0.25, -0.2) is 18.2 Å². The molecule has 114 valence electrons. The van der Waals surface area contributed by atoms with Gasteiger partial charge in [-0.05, 0) is 13.8 Å². The lowest BCUT2D eigenvalue weighted by atomic mass is 10.0. The molecule has 2 N–H and O–H groups in total. The Labute approximate surface area is 112 Å². The van der Waals surface area contributed by atoms with Crippen LogP contribution in [0.15, 0.2) is 11.2 Å². The number of nitrogens with one attached hydrogen (secondary N) is 1. The van der Waals surface area contributed by atoms with Crippen molar-refractivity contribution in [3.63, 3.8) is 0 Å². The van der Waals surface area contributed by atoms with Crippen molar-refractivity contribution in [1.29, 1.82) is 0 Å². The molecule has 0 aliphatic rings. The van der Waals surface area contributed by atoms with Crippen LogP contribution in [-0.4, -0.2) is 40.8 Å². The van der Waals surface area contributed by atoms with Crippen LogP contribution in [0.3, 0.4) is 0 Å². The predicted molar refractivity (Wildman–Crippen MR) is 60.4 cm³/mol. The van der Waals surface area contributed by atoms with Crippen LogP contribution in [0.1, 0.15) is 12.7 Å². The summed E-state index contributed by atoms with van der Waals surface area (Å²) in [6, 6.07) is 0. The Morgan fingerprint density at radius 2 is 1.95 bits per heavy atom. The highest BCUT2D eigenvalue weighted by Crippen LogP contribution is 2.31. The monoisotopic (exact) mass is 315 g/mol. The third-order valence-corrected chi connectivity index (χ3v) is 4.12. The number of imidazole rings is 1. The maximum Gasteiger partial charge on any atom is 0.418 e. The van der Waals surface area contributed by atoms with E-state index >= 15 is 0 Å². The van der Waals surface area contributed by atoms with Crippen LogP contribution in [-0.2, 0) is 21.9 Å². The van der Waals surface area contributed by atoms with Crippen molar-refractivity contribution < 1.29 is 31.5 Å². The SMILES string of the molecule is Cc1nc(S(=O)(=O)NC(C)(C(=O)O)C(F)(F)F)cn1C. The Kier molecular flexibility index (Phi) is 3.89. The molecule has 0 saturated carbocycles. The summed E-state index contributed by atoms with van der Waals surface area (Å²) >= 11 is 0. The van der Waals surface area contributed by atoms with Crippen LogP contribution in [0, 0.1) is 6.92 Å². The molecular formula is C9H12F3N3O4S. The minimum Gasteiger partial charge on any atom is -0.480 e. The minimum absolute atomic E-state index is 0.225. The summed E-state index contributed by atoms with van der Waals surface area (Å²) in [5.41, 5.74) is -3.64. The average molecular weight is 315 g/mol. The molecule has 0 amide bonds. The number of sulfonamides is 1. The second-order valence-corrected chi connectivity index (χ2v) is 5.90. The first-order chi connectivity index (χ1) is 8.81. The summed E-state index contributed by atoms with van der Waals surface area (Å²) in [6.45, 7) is 1.67. The lowest BCUT2D eigenvalue weighted by molar-refractivity contribution is -0.201. The highest BCUT2D eigenvalue weighted by molar-refractivity contribution is 7.89. The summed E-state index contributed by atoms with van der Waals surface area (Å²) in [5, 5.41) is 7.98. The molecule has 1 atom stereocenters. The molecule has 0 saturated heterocycles. The highest BCUT2D eigenvalue weighted by Gasteiger charge is 2.59. The minimum atomic E-state index is -5.31. The smallest absolute Gasteiger partial charge is 0.418 e. The number of halogens is 3. The predicted octanol–water partition coefficient (Wildman–Crippen LogP) is 0.412. The summed E-state index contributed by atoms with van der Waals surface area (Å²) < 4.78 is 64.3. The fourth-order valence-corrected chi connectivity index (χ4v) is 2.59. The quantitative estimate of drug-likeness (QED) is 0.838. The maximum atomic E-state index is 12.8. The number of aromatic nitrogens is 2. The third kappa shape index (κ3) is 2.77. The number of aryl methyl sites for hydroxylation is 2. The zero-order valence-corrected chi connectivity index (χ0v) is 11.5. The number of rotatable bonds is 4. The fraction of sp³-hybridized carbons (Fsp3) is 0.556. The summed E-state index contributed by atoms with van der Waals surface area (Å²) in [6.07, 6.45) is -4.33. The zero-order chi connectivity index (χ0) is 15.9. The van der Waals surface area contributed by atoms with E-state index in [1.165, 1.54) is 18.5 Å². The van der Waals surface area contributed by atoms with Gasteiger partial charge in [0, 0.05) is 13.2 Å². The third-order valence-electron chi connectivity index (χ3n) is 2.70. The van der Waals surface area contributed by atoms with Crippen LogP contribution < -0.4 is 4.72 Å². The highest BCUT2D eigenvalue weighted by atomic mass is 32.2. The molecule has 1 heterocycles. The number of aliphatic carboxylic acids is 1. The van der Waals surface area contributed by atoms with Crippen LogP contribution >= 0.6 is 0 Å². The molecular weight excluding hydrogens is 303 g/mol. The van der Waals surface area contributed by atoms with E-state index < -0.39 is 32.7 Å². The molecule has 1 rings (SSSR count). The first-order valence-electron chi connectivity index (χ1n) is 5.15. The first kappa shape index (κ1) is 16.4. The summed E-state index contributed by atoms with van der Waals surface area (Å²) in [7, 11) is -3.28. The second kappa shape index (κ2) is 4.74. The summed E-state index contributed by atoms with van der Waals surface area (Å²) in [5.74, 6) is -2.12. The molecule has 0 aliphatic heterocycles. The summed E-state index contributed by atoms with van der Waals surface area (Å²) in [4.78, 5) is 14.3. The molecule has 11 heteroatoms. The Balaban J connectivity index is 3.27. The number of hydrogen-bond donors (Lipinski definition) is 2. The maximum absolute atomic E-state index is 12.8. The van der Waals surface area contributed by atoms with Gasteiger partial charge in [-0.1, -0.05) is 0 Å². The van der Waals surface area contributed by atoms with Crippen LogP contribution in [0.5, 0.6) is 0 Å².